The van der Waals surface area contributed by atoms with Crippen molar-refractivity contribution < 1.29 is 9.18 Å². The number of hydrogen-bond acceptors (Lipinski definition) is 1. The minimum absolute atomic E-state index is 0.151. The van der Waals surface area contributed by atoms with E-state index in [1.165, 1.54) is 0 Å². The van der Waals surface area contributed by atoms with Crippen LogP contribution in [0.5, 0.6) is 0 Å². The van der Waals surface area contributed by atoms with Crippen molar-refractivity contribution in [2.45, 2.75) is 26.2 Å². The van der Waals surface area contributed by atoms with E-state index in [1.54, 1.807) is 6.92 Å². The van der Waals surface area contributed by atoms with Gasteiger partial charge in [0.15, 0.2) is 0 Å². The Bertz CT molecular complexity index is 161. The molecular weight excluding hydrogens is 157 g/mol. The second-order valence-corrected chi connectivity index (χ2v) is 3.45. The summed E-state index contributed by atoms with van der Waals surface area (Å²) in [5.74, 6) is 0.697. The number of amides is 1. The van der Waals surface area contributed by atoms with Crippen molar-refractivity contribution in [2.24, 2.45) is 5.92 Å². The summed E-state index contributed by atoms with van der Waals surface area (Å²) in [6, 6.07) is 0. The minimum atomic E-state index is -0.226. The Balaban J connectivity index is 2.21. The molecule has 0 spiro atoms. The normalized spacial score (nSPS) is 23.2. The van der Waals surface area contributed by atoms with Crippen molar-refractivity contribution in [3.63, 3.8) is 0 Å². The standard InChI is InChI=1S/C9H16FNO/c1-8(12)11-6-4-9(7-11)3-2-5-10/h9H,2-7H2,1H3. The van der Waals surface area contributed by atoms with Crippen LogP contribution in [-0.4, -0.2) is 30.6 Å². The average molecular weight is 173 g/mol. The van der Waals surface area contributed by atoms with E-state index in [9.17, 15) is 9.18 Å². The van der Waals surface area contributed by atoms with E-state index in [0.717, 1.165) is 25.9 Å². The molecule has 0 aromatic carbocycles. The highest BCUT2D eigenvalue weighted by atomic mass is 19.1. The van der Waals surface area contributed by atoms with Gasteiger partial charge < -0.3 is 4.90 Å². The van der Waals surface area contributed by atoms with Crippen molar-refractivity contribution >= 4 is 5.91 Å². The number of carbonyl (C=O) groups excluding carboxylic acids is 1. The number of hydrogen-bond donors (Lipinski definition) is 0. The first-order valence-corrected chi connectivity index (χ1v) is 4.55. The van der Waals surface area contributed by atoms with Gasteiger partial charge in [-0.25, -0.2) is 0 Å². The number of nitrogens with zero attached hydrogens (tertiary/aromatic N) is 1. The first kappa shape index (κ1) is 9.49. The zero-order valence-corrected chi connectivity index (χ0v) is 7.55. The van der Waals surface area contributed by atoms with Crippen LogP contribution in [0.4, 0.5) is 4.39 Å². The molecule has 0 aliphatic carbocycles. The van der Waals surface area contributed by atoms with Crippen LogP contribution in [0.2, 0.25) is 0 Å². The van der Waals surface area contributed by atoms with Crippen LogP contribution in [0.25, 0.3) is 0 Å². The van der Waals surface area contributed by atoms with Crippen molar-refractivity contribution in [3.05, 3.63) is 0 Å². The lowest BCUT2D eigenvalue weighted by Gasteiger charge is -2.13. The SMILES string of the molecule is CC(=O)N1CCC(CCCF)C1. The first-order chi connectivity index (χ1) is 5.74. The third kappa shape index (κ3) is 2.47. The van der Waals surface area contributed by atoms with E-state index in [1.807, 2.05) is 4.90 Å². The third-order valence-corrected chi connectivity index (χ3v) is 2.48. The van der Waals surface area contributed by atoms with Crippen LogP contribution < -0.4 is 0 Å². The molecule has 12 heavy (non-hydrogen) atoms. The van der Waals surface area contributed by atoms with Crippen molar-refractivity contribution in [2.75, 3.05) is 19.8 Å². The van der Waals surface area contributed by atoms with Crippen LogP contribution in [-0.2, 0) is 4.79 Å². The number of alkyl halides is 1. The molecule has 70 valence electrons. The lowest BCUT2D eigenvalue weighted by atomic mass is 10.0. The molecule has 1 aliphatic heterocycles. The molecule has 0 aromatic heterocycles. The highest BCUT2D eigenvalue weighted by Crippen LogP contribution is 2.20. The van der Waals surface area contributed by atoms with E-state index in [4.69, 9.17) is 0 Å². The molecule has 1 saturated heterocycles. The molecule has 3 heteroatoms. The molecule has 1 heterocycles. The summed E-state index contributed by atoms with van der Waals surface area (Å²) in [5.41, 5.74) is 0. The highest BCUT2D eigenvalue weighted by molar-refractivity contribution is 5.73. The molecule has 0 saturated carbocycles. The van der Waals surface area contributed by atoms with E-state index >= 15 is 0 Å². The molecule has 1 rings (SSSR count). The van der Waals surface area contributed by atoms with E-state index in [2.05, 4.69) is 0 Å². The van der Waals surface area contributed by atoms with Gasteiger partial charge in [0.1, 0.15) is 0 Å². The quantitative estimate of drug-likeness (QED) is 0.635. The summed E-state index contributed by atoms with van der Waals surface area (Å²) in [6.45, 7) is 3.08. The highest BCUT2D eigenvalue weighted by Gasteiger charge is 2.23. The number of rotatable bonds is 3. The maximum Gasteiger partial charge on any atom is 0.219 e. The Kier molecular flexibility index (Phi) is 3.50. The molecule has 0 aromatic rings. The first-order valence-electron chi connectivity index (χ1n) is 4.55. The molecule has 2 nitrogen and oxygen atoms in total. The Labute approximate surface area is 72.7 Å². The Hall–Kier alpha value is -0.600. The predicted octanol–water partition coefficient (Wildman–Crippen LogP) is 1.60. The lowest BCUT2D eigenvalue weighted by molar-refractivity contribution is -0.127. The third-order valence-electron chi connectivity index (χ3n) is 2.48. The van der Waals surface area contributed by atoms with E-state index in [-0.39, 0.29) is 12.6 Å². The maximum absolute atomic E-state index is 11.8. The molecule has 0 radical (unpaired) electrons. The van der Waals surface area contributed by atoms with Crippen LogP contribution in [0.15, 0.2) is 0 Å². The molecular formula is C9H16FNO. The molecule has 1 atom stereocenters. The number of halogens is 1. The molecule has 0 bridgehead atoms. The summed E-state index contributed by atoms with van der Waals surface area (Å²) in [7, 11) is 0. The van der Waals surface area contributed by atoms with Gasteiger partial charge in [0.25, 0.3) is 0 Å². The zero-order chi connectivity index (χ0) is 8.97. The van der Waals surface area contributed by atoms with Gasteiger partial charge in [0.2, 0.25) is 5.91 Å². The topological polar surface area (TPSA) is 20.3 Å². The molecule has 1 unspecified atom stereocenters. The summed E-state index contributed by atoms with van der Waals surface area (Å²) in [4.78, 5) is 12.8. The zero-order valence-electron chi connectivity index (χ0n) is 7.55. The van der Waals surface area contributed by atoms with Gasteiger partial charge >= 0.3 is 0 Å². The fourth-order valence-electron chi connectivity index (χ4n) is 1.72. The predicted molar refractivity (Wildman–Crippen MR) is 45.6 cm³/mol. The van der Waals surface area contributed by atoms with Gasteiger partial charge in [-0.3, -0.25) is 9.18 Å². The van der Waals surface area contributed by atoms with Crippen LogP contribution in [0.1, 0.15) is 26.2 Å². The summed E-state index contributed by atoms with van der Waals surface area (Å²) < 4.78 is 11.8. The van der Waals surface area contributed by atoms with Gasteiger partial charge in [-0.15, -0.1) is 0 Å². The smallest absolute Gasteiger partial charge is 0.219 e. The Morgan fingerprint density at radius 3 is 2.92 bits per heavy atom. The second kappa shape index (κ2) is 4.43. The molecule has 1 aliphatic rings. The van der Waals surface area contributed by atoms with Crippen molar-refractivity contribution in [1.82, 2.24) is 4.90 Å². The average Bonchev–Trinajstić information content (AvgIpc) is 2.48. The summed E-state index contributed by atoms with van der Waals surface area (Å²) >= 11 is 0. The van der Waals surface area contributed by atoms with Gasteiger partial charge in [-0.05, 0) is 25.2 Å². The fraction of sp³-hybridized carbons (Fsp3) is 0.889. The van der Waals surface area contributed by atoms with Gasteiger partial charge in [0, 0.05) is 20.0 Å². The molecule has 1 fully saturated rings. The van der Waals surface area contributed by atoms with Crippen LogP contribution in [0.3, 0.4) is 0 Å². The van der Waals surface area contributed by atoms with Crippen molar-refractivity contribution in [3.8, 4) is 0 Å². The lowest BCUT2D eigenvalue weighted by Crippen LogP contribution is -2.25. The maximum atomic E-state index is 11.8. The van der Waals surface area contributed by atoms with Crippen LogP contribution in [0, 0.1) is 5.92 Å². The monoisotopic (exact) mass is 173 g/mol. The molecule has 0 N–H and O–H groups in total. The summed E-state index contributed by atoms with van der Waals surface area (Å²) in [6.07, 6.45) is 2.64. The number of carbonyl (C=O) groups is 1. The Morgan fingerprint density at radius 2 is 2.42 bits per heavy atom. The van der Waals surface area contributed by atoms with E-state index in [0.29, 0.717) is 12.3 Å². The van der Waals surface area contributed by atoms with Crippen molar-refractivity contribution in [1.29, 1.82) is 0 Å². The van der Waals surface area contributed by atoms with E-state index < -0.39 is 0 Å². The Morgan fingerprint density at radius 1 is 1.67 bits per heavy atom. The van der Waals surface area contributed by atoms with Crippen LogP contribution >= 0.6 is 0 Å². The van der Waals surface area contributed by atoms with Gasteiger partial charge in [-0.1, -0.05) is 0 Å². The fourth-order valence-corrected chi connectivity index (χ4v) is 1.72. The van der Waals surface area contributed by atoms with Gasteiger partial charge in [-0.2, -0.15) is 0 Å². The largest absolute Gasteiger partial charge is 0.343 e. The number of likely N-dealkylation sites (tertiary alicyclic amines) is 1. The molecule has 1 amide bonds. The van der Waals surface area contributed by atoms with Gasteiger partial charge in [0.05, 0.1) is 6.67 Å². The summed E-state index contributed by atoms with van der Waals surface area (Å²) in [5, 5.41) is 0. The second-order valence-electron chi connectivity index (χ2n) is 3.45. The minimum Gasteiger partial charge on any atom is -0.343 e.